The zero-order valence-electron chi connectivity index (χ0n) is 37.7. The van der Waals surface area contributed by atoms with Crippen LogP contribution >= 0.6 is 11.6 Å². The monoisotopic (exact) mass is 882 g/mol. The van der Waals surface area contributed by atoms with E-state index >= 15 is 0 Å². The third-order valence-electron chi connectivity index (χ3n) is 12.7. The summed E-state index contributed by atoms with van der Waals surface area (Å²) in [6.07, 6.45) is 3.92. The Morgan fingerprint density at radius 3 is 1.45 bits per heavy atom. The van der Waals surface area contributed by atoms with Gasteiger partial charge in [0.2, 0.25) is 0 Å². The average molecular weight is 884 g/mol. The Hall–Kier alpha value is -7.71. The van der Waals surface area contributed by atoms with Crippen LogP contribution < -0.4 is 4.74 Å². The van der Waals surface area contributed by atoms with Gasteiger partial charge in [0.15, 0.2) is 0 Å². The van der Waals surface area contributed by atoms with Gasteiger partial charge < -0.3 is 4.74 Å². The van der Waals surface area contributed by atoms with Crippen LogP contribution in [0.25, 0.3) is 77.9 Å². The molecule has 10 aromatic rings. The summed E-state index contributed by atoms with van der Waals surface area (Å²) in [4.78, 5) is 0. The van der Waals surface area contributed by atoms with Crippen molar-refractivity contribution in [3.8, 4) is 89.4 Å². The number of rotatable bonds is 14. The molecule has 0 aliphatic rings. The lowest BCUT2D eigenvalue weighted by Crippen LogP contribution is -2.06. The fourth-order valence-corrected chi connectivity index (χ4v) is 9.62. The van der Waals surface area contributed by atoms with Gasteiger partial charge in [0, 0.05) is 21.7 Å². The molecule has 67 heavy (non-hydrogen) atoms. The van der Waals surface area contributed by atoms with Crippen molar-refractivity contribution in [1.82, 2.24) is 0 Å². The van der Waals surface area contributed by atoms with Crippen molar-refractivity contribution in [1.29, 1.82) is 0 Å². The summed E-state index contributed by atoms with van der Waals surface area (Å²) in [6.45, 7) is 2.25. The highest BCUT2D eigenvalue weighted by Crippen LogP contribution is 2.57. The van der Waals surface area contributed by atoms with E-state index in [4.69, 9.17) is 16.3 Å². The van der Waals surface area contributed by atoms with E-state index in [-0.39, 0.29) is 0 Å². The lowest BCUT2D eigenvalue weighted by atomic mass is 9.75. The van der Waals surface area contributed by atoms with Crippen molar-refractivity contribution < 1.29 is 4.74 Å². The molecule has 10 aromatic carbocycles. The predicted molar refractivity (Wildman–Crippen MR) is 284 cm³/mol. The van der Waals surface area contributed by atoms with Crippen LogP contribution in [0.4, 0.5) is 0 Å². The lowest BCUT2D eigenvalue weighted by Gasteiger charge is -2.30. The highest BCUT2D eigenvalue weighted by Gasteiger charge is 2.31. The molecule has 0 bridgehead atoms. The minimum Gasteiger partial charge on any atom is -0.456 e. The third-order valence-corrected chi connectivity index (χ3v) is 12.9. The van der Waals surface area contributed by atoms with Crippen LogP contribution in [0.5, 0.6) is 11.5 Å². The fraction of sp³-hybridized carbons (Fsp3) is 0.0769. The quantitative estimate of drug-likeness (QED) is 0.106. The van der Waals surface area contributed by atoms with E-state index in [1.54, 1.807) is 0 Å². The summed E-state index contributed by atoms with van der Waals surface area (Å²) in [5.74, 6) is 1.56. The van der Waals surface area contributed by atoms with Gasteiger partial charge in [-0.05, 0) is 121 Å². The number of para-hydroxylation sites is 1. The molecule has 0 unspecified atom stereocenters. The maximum Gasteiger partial charge on any atom is 0.144 e. The Morgan fingerprint density at radius 2 is 0.836 bits per heavy atom. The standard InChI is InChI=1S/C65H51ClO/c1-2-3-21-46-34-36-53(37-35-46)62-64(58-33-20-19-32-56(58)50-26-13-6-14-27-50)63(59-45-54(66)42-43-57(59)51-28-15-7-16-29-51)60(44-47-22-9-4-10-23-47)61(65(62)67-55-30-17-8-18-31-55)52-40-38-49(39-41-52)48-24-11-5-12-25-48/h4-20,22-43,45H,2-3,21,44H2,1H3. The molecule has 0 aliphatic carbocycles. The molecule has 2 heteroatoms. The van der Waals surface area contributed by atoms with Gasteiger partial charge in [-0.15, -0.1) is 0 Å². The van der Waals surface area contributed by atoms with Gasteiger partial charge in [-0.3, -0.25) is 0 Å². The van der Waals surface area contributed by atoms with Crippen molar-refractivity contribution in [3.63, 3.8) is 0 Å². The zero-order chi connectivity index (χ0) is 45.4. The zero-order valence-corrected chi connectivity index (χ0v) is 38.5. The number of hydrogen-bond donors (Lipinski definition) is 0. The van der Waals surface area contributed by atoms with Crippen LogP contribution in [-0.2, 0) is 12.8 Å². The van der Waals surface area contributed by atoms with Crippen LogP contribution in [0.15, 0.2) is 243 Å². The second kappa shape index (κ2) is 20.2. The number of hydrogen-bond acceptors (Lipinski definition) is 1. The maximum absolute atomic E-state index is 7.55. The molecule has 0 spiro atoms. The Morgan fingerprint density at radius 1 is 0.358 bits per heavy atom. The topological polar surface area (TPSA) is 9.23 Å². The van der Waals surface area contributed by atoms with E-state index in [9.17, 15) is 0 Å². The Bertz CT molecular complexity index is 3220. The summed E-state index contributed by atoms with van der Waals surface area (Å²) >= 11 is 7.25. The molecule has 0 heterocycles. The molecular weight excluding hydrogens is 832 g/mol. The van der Waals surface area contributed by atoms with E-state index in [0.717, 1.165) is 109 Å². The van der Waals surface area contributed by atoms with Crippen LogP contribution in [0.2, 0.25) is 5.02 Å². The minimum absolute atomic E-state index is 0.620. The van der Waals surface area contributed by atoms with E-state index in [1.165, 1.54) is 16.7 Å². The number of halogens is 1. The first-order valence-corrected chi connectivity index (χ1v) is 23.8. The summed E-state index contributed by atoms with van der Waals surface area (Å²) in [5, 5.41) is 0.669. The van der Waals surface area contributed by atoms with Gasteiger partial charge in [-0.1, -0.05) is 243 Å². The van der Waals surface area contributed by atoms with E-state index < -0.39 is 0 Å². The Labute approximate surface area is 400 Å². The Kier molecular flexibility index (Phi) is 13.0. The molecule has 0 saturated heterocycles. The number of aryl methyl sites for hydroxylation is 1. The molecule has 10 rings (SSSR count). The molecule has 0 saturated carbocycles. The highest BCUT2D eigenvalue weighted by atomic mass is 35.5. The summed E-state index contributed by atoms with van der Waals surface area (Å²) in [6, 6.07) is 86.8. The summed E-state index contributed by atoms with van der Waals surface area (Å²) in [7, 11) is 0. The van der Waals surface area contributed by atoms with Gasteiger partial charge in [-0.2, -0.15) is 0 Å². The van der Waals surface area contributed by atoms with Crippen molar-refractivity contribution in [3.05, 3.63) is 264 Å². The molecule has 0 fully saturated rings. The molecule has 0 amide bonds. The van der Waals surface area contributed by atoms with Gasteiger partial charge in [0.25, 0.3) is 0 Å². The van der Waals surface area contributed by atoms with Crippen molar-refractivity contribution >= 4 is 11.6 Å². The maximum atomic E-state index is 7.55. The second-order valence-corrected chi connectivity index (χ2v) is 17.5. The molecule has 1 nitrogen and oxygen atoms in total. The number of unbranched alkanes of at least 4 members (excludes halogenated alkanes) is 1. The van der Waals surface area contributed by atoms with Crippen molar-refractivity contribution in [2.45, 2.75) is 32.6 Å². The second-order valence-electron chi connectivity index (χ2n) is 17.1. The normalized spacial score (nSPS) is 11.1. The molecule has 0 aromatic heterocycles. The lowest BCUT2D eigenvalue weighted by molar-refractivity contribution is 0.486. The number of benzene rings is 10. The van der Waals surface area contributed by atoms with Crippen molar-refractivity contribution in [2.24, 2.45) is 0 Å². The molecule has 0 radical (unpaired) electrons. The van der Waals surface area contributed by atoms with Gasteiger partial charge >= 0.3 is 0 Å². The minimum atomic E-state index is 0.620. The molecule has 324 valence electrons. The van der Waals surface area contributed by atoms with Crippen LogP contribution in [0, 0.1) is 0 Å². The largest absolute Gasteiger partial charge is 0.456 e. The van der Waals surface area contributed by atoms with Gasteiger partial charge in [0.05, 0.1) is 0 Å². The van der Waals surface area contributed by atoms with Crippen LogP contribution in [-0.4, -0.2) is 0 Å². The predicted octanol–water partition coefficient (Wildman–Crippen LogP) is 18.7. The van der Waals surface area contributed by atoms with Crippen molar-refractivity contribution in [2.75, 3.05) is 0 Å². The van der Waals surface area contributed by atoms with Crippen LogP contribution in [0.3, 0.4) is 0 Å². The smallest absolute Gasteiger partial charge is 0.144 e. The first-order valence-electron chi connectivity index (χ1n) is 23.4. The Balaban J connectivity index is 1.43. The first-order chi connectivity index (χ1) is 33.1. The van der Waals surface area contributed by atoms with Gasteiger partial charge in [-0.25, -0.2) is 0 Å². The molecule has 0 aliphatic heterocycles. The van der Waals surface area contributed by atoms with Gasteiger partial charge in [0.1, 0.15) is 11.5 Å². The summed E-state index contributed by atoms with van der Waals surface area (Å²) in [5.41, 5.74) is 19.0. The number of ether oxygens (including phenoxy) is 1. The van der Waals surface area contributed by atoms with E-state index in [1.807, 2.05) is 12.1 Å². The molecule has 0 atom stereocenters. The average Bonchev–Trinajstić information content (AvgIpc) is 3.39. The summed E-state index contributed by atoms with van der Waals surface area (Å²) < 4.78 is 7.55. The van der Waals surface area contributed by atoms with E-state index in [2.05, 4.69) is 237 Å². The first kappa shape index (κ1) is 43.2. The third kappa shape index (κ3) is 9.38. The van der Waals surface area contributed by atoms with Crippen LogP contribution in [0.1, 0.15) is 36.5 Å². The highest BCUT2D eigenvalue weighted by molar-refractivity contribution is 6.31. The molecule has 0 N–H and O–H groups in total. The SMILES string of the molecule is CCCCc1ccc(-c2c(Oc3ccccc3)c(-c3ccc(-c4ccccc4)cc3)c(Cc3ccccc3)c(-c3cc(Cl)ccc3-c3ccccc3)c2-c2ccccc2-c2ccccc2)cc1. The fourth-order valence-electron chi connectivity index (χ4n) is 9.45. The molecular formula is C65H51ClO. The van der Waals surface area contributed by atoms with E-state index in [0.29, 0.717) is 11.4 Å².